The number of hydrogen-bond donors (Lipinski definition) is 1. The van der Waals surface area contributed by atoms with E-state index in [0.29, 0.717) is 37.4 Å². The normalized spacial score (nSPS) is 24.3. The SMILES string of the molecule is Cn1cnnc1CC1(O)CCCN(C(=O)c2ccoc2C2CC2)C1. The van der Waals surface area contributed by atoms with Crippen LogP contribution in [0.3, 0.4) is 0 Å². The Balaban J connectivity index is 1.50. The zero-order chi connectivity index (χ0) is 16.7. The summed E-state index contributed by atoms with van der Waals surface area (Å²) in [5.74, 6) is 1.89. The number of β-amino-alcohol motifs (C(OH)–C–C–N with tert-alkyl or cyclic N) is 1. The molecule has 1 saturated carbocycles. The number of aryl methyl sites for hydroxylation is 1. The maximum absolute atomic E-state index is 12.9. The predicted octanol–water partition coefficient (Wildman–Crippen LogP) is 1.50. The summed E-state index contributed by atoms with van der Waals surface area (Å²) in [6.45, 7) is 0.975. The Hall–Kier alpha value is -2.15. The molecule has 1 aliphatic heterocycles. The highest BCUT2D eigenvalue weighted by Gasteiger charge is 2.39. The fourth-order valence-corrected chi connectivity index (χ4v) is 3.52. The topological polar surface area (TPSA) is 84.4 Å². The first-order chi connectivity index (χ1) is 11.6. The summed E-state index contributed by atoms with van der Waals surface area (Å²) in [6.07, 6.45) is 7.22. The molecule has 7 heteroatoms. The molecule has 2 aromatic heterocycles. The molecule has 7 nitrogen and oxygen atoms in total. The third-order valence-electron chi connectivity index (χ3n) is 5.01. The van der Waals surface area contributed by atoms with Crippen molar-refractivity contribution in [3.05, 3.63) is 35.8 Å². The maximum Gasteiger partial charge on any atom is 0.257 e. The molecule has 1 saturated heterocycles. The Morgan fingerprint density at radius 2 is 2.33 bits per heavy atom. The van der Waals surface area contributed by atoms with Crippen LogP contribution < -0.4 is 0 Å². The van der Waals surface area contributed by atoms with Gasteiger partial charge in [-0.15, -0.1) is 10.2 Å². The van der Waals surface area contributed by atoms with Crippen molar-refractivity contribution in [3.63, 3.8) is 0 Å². The largest absolute Gasteiger partial charge is 0.468 e. The van der Waals surface area contributed by atoms with Crippen LogP contribution in [0.5, 0.6) is 0 Å². The summed E-state index contributed by atoms with van der Waals surface area (Å²) in [5.41, 5.74) is -0.307. The number of furan rings is 1. The standard InChI is InChI=1S/C17H22N4O3/c1-20-11-18-19-14(20)9-17(23)6-2-7-21(10-17)16(22)13-5-8-24-15(13)12-3-4-12/h5,8,11-12,23H,2-4,6-7,9-10H2,1H3. The minimum absolute atomic E-state index is 0.0401. The van der Waals surface area contributed by atoms with Gasteiger partial charge in [-0.25, -0.2) is 0 Å². The minimum Gasteiger partial charge on any atom is -0.468 e. The number of carbonyl (C=O) groups is 1. The number of carbonyl (C=O) groups excluding carboxylic acids is 1. The number of aromatic nitrogens is 3. The van der Waals surface area contributed by atoms with Crippen molar-refractivity contribution in [3.8, 4) is 0 Å². The number of likely N-dealkylation sites (tertiary alicyclic amines) is 1. The highest BCUT2D eigenvalue weighted by atomic mass is 16.3. The molecule has 2 aliphatic rings. The summed E-state index contributed by atoms with van der Waals surface area (Å²) in [6, 6.07) is 1.76. The summed E-state index contributed by atoms with van der Waals surface area (Å²) in [5, 5.41) is 18.9. The molecule has 1 aliphatic carbocycles. The molecule has 1 N–H and O–H groups in total. The van der Waals surface area contributed by atoms with Crippen molar-refractivity contribution in [2.75, 3.05) is 13.1 Å². The van der Waals surface area contributed by atoms with Gasteiger partial charge >= 0.3 is 0 Å². The van der Waals surface area contributed by atoms with Gasteiger partial charge in [0.05, 0.1) is 24.0 Å². The summed E-state index contributed by atoms with van der Waals surface area (Å²) in [7, 11) is 1.86. The zero-order valence-electron chi connectivity index (χ0n) is 13.8. The van der Waals surface area contributed by atoms with Crippen LogP contribution in [0.2, 0.25) is 0 Å². The van der Waals surface area contributed by atoms with Crippen molar-refractivity contribution in [2.45, 2.75) is 43.6 Å². The van der Waals surface area contributed by atoms with Gasteiger partial charge in [-0.3, -0.25) is 4.79 Å². The molecule has 24 heavy (non-hydrogen) atoms. The van der Waals surface area contributed by atoms with E-state index in [0.717, 1.165) is 30.8 Å². The molecule has 3 heterocycles. The van der Waals surface area contributed by atoms with Gasteiger partial charge in [0.1, 0.15) is 17.9 Å². The number of rotatable bonds is 4. The van der Waals surface area contributed by atoms with Gasteiger partial charge in [0.15, 0.2) is 0 Å². The van der Waals surface area contributed by atoms with E-state index in [1.54, 1.807) is 28.1 Å². The highest BCUT2D eigenvalue weighted by molar-refractivity contribution is 5.95. The van der Waals surface area contributed by atoms with Crippen LogP contribution >= 0.6 is 0 Å². The Labute approximate surface area is 140 Å². The summed E-state index contributed by atoms with van der Waals surface area (Å²) >= 11 is 0. The Kier molecular flexibility index (Phi) is 3.68. The van der Waals surface area contributed by atoms with Gasteiger partial charge in [-0.2, -0.15) is 0 Å². The lowest BCUT2D eigenvalue weighted by molar-refractivity contribution is -0.0258. The van der Waals surface area contributed by atoms with E-state index < -0.39 is 5.60 Å². The lowest BCUT2D eigenvalue weighted by atomic mass is 9.89. The van der Waals surface area contributed by atoms with E-state index in [9.17, 15) is 9.90 Å². The molecule has 0 spiro atoms. The molecule has 128 valence electrons. The van der Waals surface area contributed by atoms with Crippen molar-refractivity contribution in [2.24, 2.45) is 7.05 Å². The molecule has 2 aromatic rings. The van der Waals surface area contributed by atoms with E-state index in [-0.39, 0.29) is 5.91 Å². The van der Waals surface area contributed by atoms with Crippen molar-refractivity contribution < 1.29 is 14.3 Å². The second kappa shape index (κ2) is 5.73. The van der Waals surface area contributed by atoms with Crippen LogP contribution in [-0.4, -0.2) is 49.4 Å². The average molecular weight is 330 g/mol. The van der Waals surface area contributed by atoms with Crippen LogP contribution in [0.15, 0.2) is 23.1 Å². The lowest BCUT2D eigenvalue weighted by Crippen LogP contribution is -2.51. The molecule has 0 bridgehead atoms. The molecule has 1 atom stereocenters. The molecule has 2 fully saturated rings. The smallest absolute Gasteiger partial charge is 0.257 e. The zero-order valence-corrected chi connectivity index (χ0v) is 13.8. The molecule has 1 amide bonds. The summed E-state index contributed by atoms with van der Waals surface area (Å²) in [4.78, 5) is 14.6. The number of amides is 1. The van der Waals surface area contributed by atoms with Crippen LogP contribution in [0.4, 0.5) is 0 Å². The van der Waals surface area contributed by atoms with E-state index in [4.69, 9.17) is 4.42 Å². The van der Waals surface area contributed by atoms with Crippen LogP contribution in [0.1, 0.15) is 53.5 Å². The predicted molar refractivity (Wildman–Crippen MR) is 85.5 cm³/mol. The second-order valence-electron chi connectivity index (χ2n) is 7.06. The van der Waals surface area contributed by atoms with Gasteiger partial charge in [-0.05, 0) is 31.7 Å². The third kappa shape index (κ3) is 2.84. The van der Waals surface area contributed by atoms with Crippen molar-refractivity contribution in [1.29, 1.82) is 0 Å². The molecule has 4 rings (SSSR count). The lowest BCUT2D eigenvalue weighted by Gasteiger charge is -2.39. The minimum atomic E-state index is -0.960. The van der Waals surface area contributed by atoms with Gasteiger partial charge in [0.2, 0.25) is 0 Å². The molecule has 1 unspecified atom stereocenters. The Morgan fingerprint density at radius 1 is 1.50 bits per heavy atom. The van der Waals surface area contributed by atoms with Crippen LogP contribution in [-0.2, 0) is 13.5 Å². The number of aliphatic hydroxyl groups is 1. The van der Waals surface area contributed by atoms with Crippen molar-refractivity contribution >= 4 is 5.91 Å². The fraction of sp³-hybridized carbons (Fsp3) is 0.588. The Bertz CT molecular complexity index is 749. The highest BCUT2D eigenvalue weighted by Crippen LogP contribution is 2.42. The quantitative estimate of drug-likeness (QED) is 0.918. The van der Waals surface area contributed by atoms with E-state index in [1.165, 1.54) is 0 Å². The second-order valence-corrected chi connectivity index (χ2v) is 7.06. The average Bonchev–Trinajstić information content (AvgIpc) is 3.16. The molecular weight excluding hydrogens is 308 g/mol. The van der Waals surface area contributed by atoms with Crippen LogP contribution in [0, 0.1) is 0 Å². The molecule has 0 radical (unpaired) electrons. The first-order valence-electron chi connectivity index (χ1n) is 8.48. The number of piperidine rings is 1. The number of nitrogens with zero attached hydrogens (tertiary/aromatic N) is 4. The fourth-order valence-electron chi connectivity index (χ4n) is 3.52. The van der Waals surface area contributed by atoms with Gasteiger partial charge in [0, 0.05) is 25.9 Å². The van der Waals surface area contributed by atoms with Crippen molar-refractivity contribution in [1.82, 2.24) is 19.7 Å². The van der Waals surface area contributed by atoms with E-state index in [1.807, 2.05) is 7.05 Å². The van der Waals surface area contributed by atoms with Gasteiger partial charge in [0.25, 0.3) is 5.91 Å². The molecular formula is C17H22N4O3. The maximum atomic E-state index is 12.9. The first-order valence-corrected chi connectivity index (χ1v) is 8.48. The Morgan fingerprint density at radius 3 is 3.04 bits per heavy atom. The third-order valence-corrected chi connectivity index (χ3v) is 5.01. The van der Waals surface area contributed by atoms with E-state index >= 15 is 0 Å². The molecule has 0 aromatic carbocycles. The monoisotopic (exact) mass is 330 g/mol. The first kappa shape index (κ1) is 15.4. The number of hydrogen-bond acceptors (Lipinski definition) is 5. The van der Waals surface area contributed by atoms with Gasteiger partial charge in [-0.1, -0.05) is 0 Å². The summed E-state index contributed by atoms with van der Waals surface area (Å²) < 4.78 is 7.33. The van der Waals surface area contributed by atoms with E-state index in [2.05, 4.69) is 10.2 Å². The van der Waals surface area contributed by atoms with Crippen LogP contribution in [0.25, 0.3) is 0 Å². The van der Waals surface area contributed by atoms with Gasteiger partial charge < -0.3 is 19.0 Å².